The van der Waals surface area contributed by atoms with E-state index in [4.69, 9.17) is 9.47 Å². The van der Waals surface area contributed by atoms with E-state index in [0.717, 1.165) is 10.0 Å². The maximum Gasteiger partial charge on any atom is 0.363 e. The maximum absolute atomic E-state index is 14.0. The molecule has 0 radical (unpaired) electrons. The van der Waals surface area contributed by atoms with E-state index in [2.05, 4.69) is 20.9 Å². The standard InChI is InChI=1S/C23H15BrFNO3/c24-17-11-9-15(10-12-17)14-28-21-8-4-1-5-16(21)13-20-23(27)29-22(26-20)18-6-2-3-7-19(18)25/h1-13H,14H2/b20-13-. The number of hydrogen-bond donors (Lipinski definition) is 0. The van der Waals surface area contributed by atoms with Gasteiger partial charge in [-0.05, 0) is 42.0 Å². The number of nitrogens with zero attached hydrogens (tertiary/aromatic N) is 1. The van der Waals surface area contributed by atoms with E-state index in [1.807, 2.05) is 48.5 Å². The Morgan fingerprint density at radius 1 is 1.00 bits per heavy atom. The second-order valence-corrected chi connectivity index (χ2v) is 7.18. The van der Waals surface area contributed by atoms with Gasteiger partial charge in [0.15, 0.2) is 5.70 Å². The van der Waals surface area contributed by atoms with Crippen LogP contribution in [0.15, 0.2) is 88.0 Å². The van der Waals surface area contributed by atoms with Crippen molar-refractivity contribution in [3.63, 3.8) is 0 Å². The number of ether oxygens (including phenoxy) is 2. The summed E-state index contributed by atoms with van der Waals surface area (Å²) >= 11 is 3.41. The van der Waals surface area contributed by atoms with Crippen molar-refractivity contribution >= 4 is 33.9 Å². The number of hydrogen-bond acceptors (Lipinski definition) is 4. The third kappa shape index (κ3) is 4.43. The van der Waals surface area contributed by atoms with Crippen molar-refractivity contribution in [1.82, 2.24) is 0 Å². The van der Waals surface area contributed by atoms with E-state index in [9.17, 15) is 9.18 Å². The summed E-state index contributed by atoms with van der Waals surface area (Å²) in [4.78, 5) is 16.4. The smallest absolute Gasteiger partial charge is 0.363 e. The van der Waals surface area contributed by atoms with Gasteiger partial charge in [0.25, 0.3) is 0 Å². The van der Waals surface area contributed by atoms with Crippen molar-refractivity contribution in [2.75, 3.05) is 0 Å². The van der Waals surface area contributed by atoms with Crippen LogP contribution in [-0.2, 0) is 16.1 Å². The molecule has 0 bridgehead atoms. The van der Waals surface area contributed by atoms with Crippen LogP contribution in [0.2, 0.25) is 0 Å². The number of benzene rings is 3. The molecule has 3 aromatic rings. The molecule has 1 heterocycles. The maximum atomic E-state index is 14.0. The van der Waals surface area contributed by atoms with Crippen molar-refractivity contribution in [2.24, 2.45) is 4.99 Å². The van der Waals surface area contributed by atoms with Gasteiger partial charge in [0.05, 0.1) is 5.56 Å². The van der Waals surface area contributed by atoms with Crippen LogP contribution in [0, 0.1) is 5.82 Å². The van der Waals surface area contributed by atoms with Gasteiger partial charge in [0, 0.05) is 10.0 Å². The topological polar surface area (TPSA) is 47.9 Å². The number of esters is 1. The fraction of sp³-hybridized carbons (Fsp3) is 0.0435. The molecule has 0 saturated heterocycles. The molecule has 1 aliphatic heterocycles. The van der Waals surface area contributed by atoms with Gasteiger partial charge in [-0.1, -0.05) is 58.4 Å². The second-order valence-electron chi connectivity index (χ2n) is 6.27. The zero-order chi connectivity index (χ0) is 20.2. The van der Waals surface area contributed by atoms with E-state index < -0.39 is 11.8 Å². The first-order valence-corrected chi connectivity index (χ1v) is 9.63. The van der Waals surface area contributed by atoms with E-state index >= 15 is 0 Å². The quantitative estimate of drug-likeness (QED) is 0.379. The van der Waals surface area contributed by atoms with Crippen molar-refractivity contribution in [3.8, 4) is 5.75 Å². The number of carbonyl (C=O) groups excluding carboxylic acids is 1. The monoisotopic (exact) mass is 451 g/mol. The zero-order valence-corrected chi connectivity index (χ0v) is 16.7. The Balaban J connectivity index is 1.58. The molecule has 4 rings (SSSR count). The Morgan fingerprint density at radius 3 is 2.52 bits per heavy atom. The minimum absolute atomic E-state index is 0.0485. The summed E-state index contributed by atoms with van der Waals surface area (Å²) in [5.74, 6) is -0.581. The molecule has 0 unspecified atom stereocenters. The minimum Gasteiger partial charge on any atom is -0.488 e. The second kappa shape index (κ2) is 8.41. The van der Waals surface area contributed by atoms with Crippen LogP contribution in [0.3, 0.4) is 0 Å². The fourth-order valence-corrected chi connectivity index (χ4v) is 3.04. The highest BCUT2D eigenvalue weighted by molar-refractivity contribution is 9.10. The molecule has 29 heavy (non-hydrogen) atoms. The lowest BCUT2D eigenvalue weighted by Crippen LogP contribution is -2.07. The third-order valence-corrected chi connectivity index (χ3v) is 4.77. The highest BCUT2D eigenvalue weighted by Crippen LogP contribution is 2.26. The Labute approximate surface area is 175 Å². The molecule has 0 N–H and O–H groups in total. The molecule has 3 aromatic carbocycles. The first kappa shape index (κ1) is 19.1. The lowest BCUT2D eigenvalue weighted by Gasteiger charge is -2.09. The molecule has 4 nitrogen and oxygen atoms in total. The molecule has 0 aliphatic carbocycles. The predicted octanol–water partition coefficient (Wildman–Crippen LogP) is 5.51. The highest BCUT2D eigenvalue weighted by Gasteiger charge is 2.26. The van der Waals surface area contributed by atoms with Gasteiger partial charge >= 0.3 is 5.97 Å². The number of halogens is 2. The zero-order valence-electron chi connectivity index (χ0n) is 15.1. The summed E-state index contributed by atoms with van der Waals surface area (Å²) in [6.45, 7) is 0.377. The largest absolute Gasteiger partial charge is 0.488 e. The Bertz CT molecular complexity index is 1120. The molecule has 144 valence electrons. The average molecular weight is 452 g/mol. The number of cyclic esters (lactones) is 1. The SMILES string of the molecule is O=C1OC(c2ccccc2F)=N/C1=C\c1ccccc1OCc1ccc(Br)cc1. The van der Waals surface area contributed by atoms with Crippen LogP contribution in [0.1, 0.15) is 16.7 Å². The number of carbonyl (C=O) groups is 1. The van der Waals surface area contributed by atoms with Crippen LogP contribution in [0.25, 0.3) is 6.08 Å². The Kier molecular flexibility index (Phi) is 5.53. The summed E-state index contributed by atoms with van der Waals surface area (Å²) in [7, 11) is 0. The van der Waals surface area contributed by atoms with E-state index in [1.54, 1.807) is 18.2 Å². The summed E-state index contributed by atoms with van der Waals surface area (Å²) in [6.07, 6.45) is 1.58. The lowest BCUT2D eigenvalue weighted by molar-refractivity contribution is -0.129. The number of aliphatic imine (C=N–C) groups is 1. The van der Waals surface area contributed by atoms with E-state index in [1.165, 1.54) is 12.1 Å². The molecule has 0 spiro atoms. The predicted molar refractivity (Wildman–Crippen MR) is 112 cm³/mol. The molecule has 0 amide bonds. The van der Waals surface area contributed by atoms with Gasteiger partial charge in [-0.15, -0.1) is 0 Å². The van der Waals surface area contributed by atoms with Crippen molar-refractivity contribution in [3.05, 3.63) is 105 Å². The summed E-state index contributed by atoms with van der Waals surface area (Å²) in [6, 6.07) is 21.1. The summed E-state index contributed by atoms with van der Waals surface area (Å²) in [5, 5.41) is 0. The van der Waals surface area contributed by atoms with Crippen molar-refractivity contribution < 1.29 is 18.7 Å². The first-order chi connectivity index (χ1) is 14.1. The van der Waals surface area contributed by atoms with E-state index in [-0.39, 0.29) is 17.2 Å². The number of rotatable bonds is 5. The van der Waals surface area contributed by atoms with Gasteiger partial charge in [-0.3, -0.25) is 0 Å². The highest BCUT2D eigenvalue weighted by atomic mass is 79.9. The molecular formula is C23H15BrFNO3. The van der Waals surface area contributed by atoms with Gasteiger partial charge in [0.1, 0.15) is 18.2 Å². The Morgan fingerprint density at radius 2 is 1.72 bits per heavy atom. The summed E-state index contributed by atoms with van der Waals surface area (Å²) < 4.78 is 26.0. The summed E-state index contributed by atoms with van der Waals surface area (Å²) in [5.41, 5.74) is 1.91. The van der Waals surface area contributed by atoms with Gasteiger partial charge in [0.2, 0.25) is 5.90 Å². The molecule has 0 fully saturated rings. The van der Waals surface area contributed by atoms with Gasteiger partial charge < -0.3 is 9.47 Å². The molecule has 6 heteroatoms. The molecule has 0 atom stereocenters. The molecule has 0 saturated carbocycles. The molecule has 0 aromatic heterocycles. The first-order valence-electron chi connectivity index (χ1n) is 8.84. The van der Waals surface area contributed by atoms with Crippen LogP contribution in [-0.4, -0.2) is 11.9 Å². The normalized spacial score (nSPS) is 14.6. The van der Waals surface area contributed by atoms with Gasteiger partial charge in [-0.2, -0.15) is 0 Å². The van der Waals surface area contributed by atoms with Crippen LogP contribution >= 0.6 is 15.9 Å². The van der Waals surface area contributed by atoms with Crippen molar-refractivity contribution in [2.45, 2.75) is 6.61 Å². The number of para-hydroxylation sites is 1. The third-order valence-electron chi connectivity index (χ3n) is 4.24. The van der Waals surface area contributed by atoms with Crippen LogP contribution < -0.4 is 4.74 Å². The fourth-order valence-electron chi connectivity index (χ4n) is 2.78. The molecule has 1 aliphatic rings. The average Bonchev–Trinajstić information content (AvgIpc) is 3.09. The molecular weight excluding hydrogens is 437 g/mol. The Hall–Kier alpha value is -3.25. The van der Waals surface area contributed by atoms with Crippen LogP contribution in [0.4, 0.5) is 4.39 Å². The van der Waals surface area contributed by atoms with Gasteiger partial charge in [-0.25, -0.2) is 14.2 Å². The lowest BCUT2D eigenvalue weighted by atomic mass is 10.1. The van der Waals surface area contributed by atoms with Crippen molar-refractivity contribution in [1.29, 1.82) is 0 Å². The minimum atomic E-state index is -0.633. The van der Waals surface area contributed by atoms with Crippen LogP contribution in [0.5, 0.6) is 5.75 Å². The van der Waals surface area contributed by atoms with E-state index in [0.29, 0.717) is 17.9 Å².